The van der Waals surface area contributed by atoms with Crippen LogP contribution in [0.15, 0.2) is 42.7 Å². The van der Waals surface area contributed by atoms with Crippen molar-refractivity contribution in [3.63, 3.8) is 0 Å². The van der Waals surface area contributed by atoms with Gasteiger partial charge in [-0.25, -0.2) is 0 Å². The number of rotatable bonds is 2. The fraction of sp³-hybridized carbons (Fsp3) is 0.458. The van der Waals surface area contributed by atoms with Crippen LogP contribution in [0.25, 0.3) is 0 Å². The molecule has 4 N–H and O–H groups in total. The van der Waals surface area contributed by atoms with Gasteiger partial charge in [0.15, 0.2) is 11.7 Å². The Morgan fingerprint density at radius 1 is 1.16 bits per heavy atom. The van der Waals surface area contributed by atoms with Crippen molar-refractivity contribution in [2.45, 2.75) is 48.9 Å². The maximum atomic E-state index is 11.2. The molecule has 0 aliphatic carbocycles. The van der Waals surface area contributed by atoms with Crippen molar-refractivity contribution in [2.75, 3.05) is 19.8 Å². The molecule has 4 rings (SSSR count). The number of hydrogen-bond donors (Lipinski definition) is 4. The molecule has 1 aromatic heterocycles. The number of ether oxygens (including phenoxy) is 2. The Kier molecular flexibility index (Phi) is 6.92. The molecule has 0 spiro atoms. The molecule has 0 radical (unpaired) electrons. The Morgan fingerprint density at radius 3 is 2.69 bits per heavy atom. The van der Waals surface area contributed by atoms with Gasteiger partial charge in [0.05, 0.1) is 31.0 Å². The van der Waals surface area contributed by atoms with Crippen LogP contribution in [0.3, 0.4) is 0 Å². The summed E-state index contributed by atoms with van der Waals surface area (Å²) in [6.07, 6.45) is -0.254. The lowest BCUT2D eigenvalue weighted by Crippen LogP contribution is -2.65. The maximum Gasteiger partial charge on any atom is 0.191 e. The standard InChI is InChI=1S/C24H26N2O6/c27-15-20-22(28)23(29)24(30,11-10-17-5-2-1-3-6-17)21(32-20)9-8-18-13-25-26(14-18)19-7-4-12-31-16-19/h1-3,5-6,13-14,19-23,27-30H,4,7,12,15-16H2/t19?,20-,21-,22-,23+,24-/m1/s1. The minimum Gasteiger partial charge on any atom is -0.394 e. The van der Waals surface area contributed by atoms with E-state index in [9.17, 15) is 20.4 Å². The van der Waals surface area contributed by atoms with E-state index in [2.05, 4.69) is 28.8 Å². The zero-order valence-electron chi connectivity index (χ0n) is 17.5. The quantitative estimate of drug-likeness (QED) is 0.482. The summed E-state index contributed by atoms with van der Waals surface area (Å²) in [5.41, 5.74) is -0.950. The molecule has 0 saturated carbocycles. The summed E-state index contributed by atoms with van der Waals surface area (Å²) in [6, 6.07) is 9.08. The molecule has 1 aromatic carbocycles. The molecule has 0 bridgehead atoms. The number of benzene rings is 1. The molecule has 1 unspecified atom stereocenters. The Labute approximate surface area is 186 Å². The fourth-order valence-electron chi connectivity index (χ4n) is 3.79. The zero-order valence-corrected chi connectivity index (χ0v) is 17.5. The third-order valence-electron chi connectivity index (χ3n) is 5.69. The molecule has 32 heavy (non-hydrogen) atoms. The van der Waals surface area contributed by atoms with E-state index in [0.29, 0.717) is 17.7 Å². The molecule has 2 saturated heterocycles. The van der Waals surface area contributed by atoms with Gasteiger partial charge in [-0.15, -0.1) is 0 Å². The summed E-state index contributed by atoms with van der Waals surface area (Å²) in [5.74, 6) is 11.1. The van der Waals surface area contributed by atoms with Gasteiger partial charge in [0.1, 0.15) is 18.3 Å². The van der Waals surface area contributed by atoms with Crippen LogP contribution in [0, 0.1) is 23.7 Å². The number of aliphatic hydroxyl groups is 4. The van der Waals surface area contributed by atoms with E-state index in [1.54, 1.807) is 41.3 Å². The summed E-state index contributed by atoms with van der Waals surface area (Å²) in [7, 11) is 0. The Morgan fingerprint density at radius 2 is 1.97 bits per heavy atom. The molecule has 6 atom stereocenters. The molecule has 2 aliphatic rings. The Balaban J connectivity index is 1.61. The van der Waals surface area contributed by atoms with Crippen molar-refractivity contribution in [1.82, 2.24) is 9.78 Å². The van der Waals surface area contributed by atoms with Gasteiger partial charge in [-0.3, -0.25) is 4.68 Å². The average Bonchev–Trinajstić information content (AvgIpc) is 3.31. The van der Waals surface area contributed by atoms with Gasteiger partial charge in [0.2, 0.25) is 0 Å². The Hall–Kier alpha value is -2.69. The molecule has 2 aliphatic heterocycles. The van der Waals surface area contributed by atoms with E-state index in [1.165, 1.54) is 0 Å². The predicted molar refractivity (Wildman–Crippen MR) is 114 cm³/mol. The lowest BCUT2D eigenvalue weighted by Gasteiger charge is -2.43. The van der Waals surface area contributed by atoms with E-state index in [1.807, 2.05) is 6.07 Å². The Bertz CT molecular complexity index is 1030. The third-order valence-corrected chi connectivity index (χ3v) is 5.69. The van der Waals surface area contributed by atoms with E-state index < -0.39 is 36.6 Å². The van der Waals surface area contributed by atoms with Crippen molar-refractivity contribution in [2.24, 2.45) is 0 Å². The van der Waals surface area contributed by atoms with Gasteiger partial charge >= 0.3 is 0 Å². The number of hydrogen-bond acceptors (Lipinski definition) is 7. The lowest BCUT2D eigenvalue weighted by atomic mass is 9.82. The van der Waals surface area contributed by atoms with Gasteiger partial charge in [-0.1, -0.05) is 41.9 Å². The first kappa shape index (κ1) is 22.5. The smallest absolute Gasteiger partial charge is 0.191 e. The monoisotopic (exact) mass is 438 g/mol. The zero-order chi connectivity index (χ0) is 22.6. The summed E-state index contributed by atoms with van der Waals surface area (Å²) < 4.78 is 12.9. The predicted octanol–water partition coefficient (Wildman–Crippen LogP) is -0.150. The van der Waals surface area contributed by atoms with Crippen LogP contribution >= 0.6 is 0 Å². The largest absolute Gasteiger partial charge is 0.394 e. The second-order valence-corrected chi connectivity index (χ2v) is 7.96. The molecule has 168 valence electrons. The molecule has 3 heterocycles. The highest BCUT2D eigenvalue weighted by molar-refractivity contribution is 5.41. The van der Waals surface area contributed by atoms with Crippen LogP contribution in [0.1, 0.15) is 30.0 Å². The van der Waals surface area contributed by atoms with Crippen molar-refractivity contribution in [1.29, 1.82) is 0 Å². The van der Waals surface area contributed by atoms with E-state index in [4.69, 9.17) is 9.47 Å². The average molecular weight is 438 g/mol. The van der Waals surface area contributed by atoms with Gasteiger partial charge in [0.25, 0.3) is 0 Å². The summed E-state index contributed by atoms with van der Waals surface area (Å²) in [6.45, 7) is 0.807. The first-order chi connectivity index (χ1) is 15.5. The highest BCUT2D eigenvalue weighted by Gasteiger charge is 2.53. The van der Waals surface area contributed by atoms with Crippen LogP contribution in [0.5, 0.6) is 0 Å². The minimum absolute atomic E-state index is 0.148. The summed E-state index contributed by atoms with van der Waals surface area (Å²) >= 11 is 0. The van der Waals surface area contributed by atoms with Gasteiger partial charge < -0.3 is 29.9 Å². The SMILES string of the molecule is OC[C@H]1O[C@H](C#Cc2cnn(C3CCCOC3)c2)[C@](O)(C#Cc2ccccc2)[C@@H](O)[C@@H]1O. The second kappa shape index (κ2) is 9.85. The van der Waals surface area contributed by atoms with Crippen LogP contribution in [0.2, 0.25) is 0 Å². The molecule has 8 heteroatoms. The van der Waals surface area contributed by atoms with Crippen molar-refractivity contribution >= 4 is 0 Å². The first-order valence-corrected chi connectivity index (χ1v) is 10.6. The summed E-state index contributed by atoms with van der Waals surface area (Å²) in [4.78, 5) is 0. The molecule has 2 fully saturated rings. The first-order valence-electron chi connectivity index (χ1n) is 10.6. The molecule has 2 aromatic rings. The molecular formula is C24H26N2O6. The van der Waals surface area contributed by atoms with Crippen LogP contribution < -0.4 is 0 Å². The van der Waals surface area contributed by atoms with Crippen molar-refractivity contribution < 1.29 is 29.9 Å². The fourth-order valence-corrected chi connectivity index (χ4v) is 3.79. The highest BCUT2D eigenvalue weighted by Crippen LogP contribution is 2.30. The van der Waals surface area contributed by atoms with Crippen LogP contribution in [-0.4, -0.2) is 80.0 Å². The van der Waals surface area contributed by atoms with Gasteiger partial charge in [-0.2, -0.15) is 5.10 Å². The normalized spacial score (nSPS) is 32.3. The second-order valence-electron chi connectivity index (χ2n) is 7.96. The lowest BCUT2D eigenvalue weighted by molar-refractivity contribution is -0.239. The van der Waals surface area contributed by atoms with Gasteiger partial charge in [-0.05, 0) is 25.0 Å². The van der Waals surface area contributed by atoms with E-state index in [0.717, 1.165) is 19.4 Å². The molecule has 8 nitrogen and oxygen atoms in total. The third kappa shape index (κ3) is 4.72. The van der Waals surface area contributed by atoms with Crippen molar-refractivity contribution in [3.05, 3.63) is 53.9 Å². The minimum atomic E-state index is -2.17. The number of nitrogens with zero attached hydrogens (tertiary/aromatic N) is 2. The van der Waals surface area contributed by atoms with Crippen LogP contribution in [0.4, 0.5) is 0 Å². The molecular weight excluding hydrogens is 412 g/mol. The summed E-state index contributed by atoms with van der Waals surface area (Å²) in [5, 5.41) is 46.0. The number of aliphatic hydroxyl groups excluding tert-OH is 3. The maximum absolute atomic E-state index is 11.2. The van der Waals surface area contributed by atoms with Crippen molar-refractivity contribution in [3.8, 4) is 23.7 Å². The van der Waals surface area contributed by atoms with Gasteiger partial charge in [0, 0.05) is 18.4 Å². The molecule has 0 amide bonds. The number of aromatic nitrogens is 2. The topological polar surface area (TPSA) is 117 Å². The van der Waals surface area contributed by atoms with Crippen LogP contribution in [-0.2, 0) is 9.47 Å². The van der Waals surface area contributed by atoms with E-state index >= 15 is 0 Å². The van der Waals surface area contributed by atoms with E-state index in [-0.39, 0.29) is 6.04 Å². The highest BCUT2D eigenvalue weighted by atomic mass is 16.5.